The molecule has 0 saturated carbocycles. The maximum atomic E-state index is 12.6. The first-order valence-electron chi connectivity index (χ1n) is 8.05. The van der Waals surface area contributed by atoms with Gasteiger partial charge in [0.05, 0.1) is 11.3 Å². The van der Waals surface area contributed by atoms with E-state index in [9.17, 15) is 18.0 Å². The number of rotatable bonds is 6. The van der Waals surface area contributed by atoms with Gasteiger partial charge in [0, 0.05) is 0 Å². The van der Waals surface area contributed by atoms with Crippen molar-refractivity contribution in [3.8, 4) is 6.07 Å². The van der Waals surface area contributed by atoms with Crippen LogP contribution in [0, 0.1) is 17.2 Å². The van der Waals surface area contributed by atoms with Crippen LogP contribution in [0.25, 0.3) is 0 Å². The fraction of sp³-hybridized carbons (Fsp3) is 0.333. The molecule has 0 aliphatic carbocycles. The molecule has 0 unspecified atom stereocenters. The number of hydrogen-bond acceptors (Lipinski definition) is 6. The Hall–Kier alpha value is -3.15. The van der Waals surface area contributed by atoms with Gasteiger partial charge in [0.1, 0.15) is 6.07 Å². The van der Waals surface area contributed by atoms with Crippen LogP contribution < -0.4 is 5.43 Å². The summed E-state index contributed by atoms with van der Waals surface area (Å²) in [5.74, 6) is -0.906. The van der Waals surface area contributed by atoms with Gasteiger partial charge in [-0.2, -0.15) is 23.5 Å². The SMILES string of the molecule is CC.CC(C)/C=C/C(=N\O)C(=O)/C(C#N)=N/Nc1cccc(C(F)(F)F)c1. The molecule has 0 fully saturated rings. The van der Waals surface area contributed by atoms with Gasteiger partial charge in [-0.1, -0.05) is 45.0 Å². The largest absolute Gasteiger partial charge is 0.416 e. The average Bonchev–Trinajstić information content (AvgIpc) is 2.63. The summed E-state index contributed by atoms with van der Waals surface area (Å²) in [6, 6.07) is 5.61. The Morgan fingerprint density at radius 3 is 2.44 bits per heavy atom. The second-order valence-corrected chi connectivity index (χ2v) is 5.18. The molecule has 0 bridgehead atoms. The summed E-state index contributed by atoms with van der Waals surface area (Å²) in [5, 5.41) is 24.2. The number of nitriles is 1. The van der Waals surface area contributed by atoms with Crippen LogP contribution in [0.4, 0.5) is 18.9 Å². The van der Waals surface area contributed by atoms with Crippen LogP contribution in [0.3, 0.4) is 0 Å². The molecule has 0 radical (unpaired) electrons. The first-order valence-corrected chi connectivity index (χ1v) is 8.05. The van der Waals surface area contributed by atoms with Crippen molar-refractivity contribution in [1.29, 1.82) is 5.26 Å². The number of allylic oxidation sites excluding steroid dienone is 2. The molecule has 0 saturated heterocycles. The third kappa shape index (κ3) is 8.18. The van der Waals surface area contributed by atoms with Gasteiger partial charge in [0.15, 0.2) is 5.71 Å². The van der Waals surface area contributed by atoms with Crippen molar-refractivity contribution in [3.63, 3.8) is 0 Å². The van der Waals surface area contributed by atoms with E-state index in [0.717, 1.165) is 18.2 Å². The van der Waals surface area contributed by atoms with E-state index in [-0.39, 0.29) is 11.6 Å². The molecule has 1 aromatic carbocycles. The minimum Gasteiger partial charge on any atom is -0.410 e. The van der Waals surface area contributed by atoms with Gasteiger partial charge in [-0.15, -0.1) is 0 Å². The smallest absolute Gasteiger partial charge is 0.410 e. The van der Waals surface area contributed by atoms with Gasteiger partial charge < -0.3 is 5.21 Å². The Balaban J connectivity index is 0.00000326. The number of Topliss-reactive ketones (excluding diaryl/α,β-unsaturated/α-hetero) is 1. The first-order chi connectivity index (χ1) is 12.7. The van der Waals surface area contributed by atoms with E-state index in [2.05, 4.69) is 15.7 Å². The summed E-state index contributed by atoms with van der Waals surface area (Å²) in [6.45, 7) is 7.65. The van der Waals surface area contributed by atoms with Crippen LogP contribution in [0.1, 0.15) is 33.3 Å². The van der Waals surface area contributed by atoms with Crippen LogP contribution in [0.2, 0.25) is 0 Å². The van der Waals surface area contributed by atoms with Gasteiger partial charge in [0.25, 0.3) is 0 Å². The third-order valence-corrected chi connectivity index (χ3v) is 2.79. The molecule has 1 rings (SSSR count). The summed E-state index contributed by atoms with van der Waals surface area (Å²) in [5.41, 5.74) is 0.165. The Bertz CT molecular complexity index is 761. The van der Waals surface area contributed by atoms with E-state index >= 15 is 0 Å². The number of alkyl halides is 3. The molecular weight excluding hydrogens is 361 g/mol. The summed E-state index contributed by atoms with van der Waals surface area (Å²) in [6.07, 6.45) is -1.74. The third-order valence-electron chi connectivity index (χ3n) is 2.79. The number of hydrazone groups is 1. The number of nitrogens with zero attached hydrogens (tertiary/aromatic N) is 3. The number of anilines is 1. The summed E-state index contributed by atoms with van der Waals surface area (Å²) < 4.78 is 37.9. The number of nitrogens with one attached hydrogen (secondary N) is 1. The normalized spacial score (nSPS) is 12.4. The van der Waals surface area contributed by atoms with Gasteiger partial charge in [-0.3, -0.25) is 10.2 Å². The molecule has 0 atom stereocenters. The highest BCUT2D eigenvalue weighted by atomic mass is 19.4. The lowest BCUT2D eigenvalue weighted by Crippen LogP contribution is -2.22. The molecule has 2 N–H and O–H groups in total. The molecule has 0 amide bonds. The van der Waals surface area contributed by atoms with Crippen LogP contribution >= 0.6 is 0 Å². The van der Waals surface area contributed by atoms with E-state index in [1.54, 1.807) is 6.08 Å². The van der Waals surface area contributed by atoms with Crippen LogP contribution in [-0.4, -0.2) is 22.4 Å². The van der Waals surface area contributed by atoms with E-state index < -0.39 is 28.9 Å². The van der Waals surface area contributed by atoms with Crippen molar-refractivity contribution in [1.82, 2.24) is 0 Å². The Morgan fingerprint density at radius 2 is 1.96 bits per heavy atom. The summed E-state index contributed by atoms with van der Waals surface area (Å²) in [4.78, 5) is 12.1. The van der Waals surface area contributed by atoms with Crippen LogP contribution in [0.5, 0.6) is 0 Å². The molecule has 6 nitrogen and oxygen atoms in total. The molecule has 0 aliphatic rings. The van der Waals surface area contributed by atoms with E-state index in [0.29, 0.717) is 0 Å². The number of carbonyl (C=O) groups is 1. The maximum Gasteiger partial charge on any atom is 0.416 e. The topological polar surface area (TPSA) is 97.8 Å². The molecular formula is C18H21F3N4O2. The van der Waals surface area contributed by atoms with Gasteiger partial charge >= 0.3 is 6.18 Å². The Morgan fingerprint density at radius 1 is 1.33 bits per heavy atom. The average molecular weight is 382 g/mol. The standard InChI is InChI=1S/C16H15F3N4O2.C2H6/c1-10(2)6-7-13(23-25)15(24)14(9-20)22-21-12-5-3-4-11(8-12)16(17,18)19;1-2/h3-8,10,21,25H,1-2H3;1-2H3/b7-6+,22-14+,23-13+;. The number of ketones is 1. The van der Waals surface area contributed by atoms with Gasteiger partial charge in [-0.05, 0) is 30.2 Å². The van der Waals surface area contributed by atoms with Crippen LogP contribution in [0.15, 0.2) is 46.7 Å². The lowest BCUT2D eigenvalue weighted by Gasteiger charge is -2.08. The van der Waals surface area contributed by atoms with Crippen molar-refractivity contribution in [3.05, 3.63) is 42.0 Å². The second kappa shape index (κ2) is 11.5. The highest BCUT2D eigenvalue weighted by Gasteiger charge is 2.30. The summed E-state index contributed by atoms with van der Waals surface area (Å²) in [7, 11) is 0. The van der Waals surface area contributed by atoms with Gasteiger partial charge in [0.2, 0.25) is 11.5 Å². The monoisotopic (exact) mass is 382 g/mol. The quantitative estimate of drug-likeness (QED) is 0.426. The number of carbonyl (C=O) groups excluding carboxylic acids is 1. The predicted octanol–water partition coefficient (Wildman–Crippen LogP) is 4.63. The molecule has 0 heterocycles. The molecule has 146 valence electrons. The number of benzene rings is 1. The zero-order chi connectivity index (χ0) is 21.0. The van der Waals surface area contributed by atoms with Crippen LogP contribution in [-0.2, 0) is 11.0 Å². The molecule has 9 heteroatoms. The second-order valence-electron chi connectivity index (χ2n) is 5.18. The van der Waals surface area contributed by atoms with E-state index in [1.807, 2.05) is 27.7 Å². The Labute approximate surface area is 155 Å². The minimum absolute atomic E-state index is 0.0596. The van der Waals surface area contributed by atoms with E-state index in [1.165, 1.54) is 18.2 Å². The zero-order valence-corrected chi connectivity index (χ0v) is 15.4. The lowest BCUT2D eigenvalue weighted by atomic mass is 10.1. The van der Waals surface area contributed by atoms with Crippen molar-refractivity contribution >= 4 is 22.9 Å². The summed E-state index contributed by atoms with van der Waals surface area (Å²) >= 11 is 0. The van der Waals surface area contributed by atoms with E-state index in [4.69, 9.17) is 10.5 Å². The highest BCUT2D eigenvalue weighted by molar-refractivity contribution is 6.71. The molecule has 27 heavy (non-hydrogen) atoms. The molecule has 1 aromatic rings. The number of halogens is 3. The minimum atomic E-state index is -4.53. The zero-order valence-electron chi connectivity index (χ0n) is 15.4. The fourth-order valence-electron chi connectivity index (χ4n) is 1.57. The maximum absolute atomic E-state index is 12.6. The van der Waals surface area contributed by atoms with Crippen molar-refractivity contribution < 1.29 is 23.2 Å². The number of oxime groups is 1. The number of hydrogen-bond donors (Lipinski definition) is 2. The van der Waals surface area contributed by atoms with Crippen molar-refractivity contribution in [2.75, 3.05) is 5.43 Å². The first kappa shape index (κ1) is 23.9. The molecule has 0 spiro atoms. The van der Waals surface area contributed by atoms with Crippen molar-refractivity contribution in [2.45, 2.75) is 33.9 Å². The lowest BCUT2D eigenvalue weighted by molar-refractivity contribution is -0.137. The Kier molecular flexibility index (Phi) is 10.1. The fourth-order valence-corrected chi connectivity index (χ4v) is 1.57. The molecule has 0 aromatic heterocycles. The molecule has 0 aliphatic heterocycles. The highest BCUT2D eigenvalue weighted by Crippen LogP contribution is 2.30. The van der Waals surface area contributed by atoms with Gasteiger partial charge in [-0.25, -0.2) is 0 Å². The predicted molar refractivity (Wildman–Crippen MR) is 97.7 cm³/mol. The van der Waals surface area contributed by atoms with Crippen molar-refractivity contribution in [2.24, 2.45) is 16.2 Å².